The molecule has 136 valence electrons. The van der Waals surface area contributed by atoms with Gasteiger partial charge in [0.15, 0.2) is 11.5 Å². The van der Waals surface area contributed by atoms with E-state index >= 15 is 0 Å². The van der Waals surface area contributed by atoms with E-state index in [9.17, 15) is 4.79 Å². The molecule has 0 saturated carbocycles. The monoisotopic (exact) mass is 378 g/mol. The van der Waals surface area contributed by atoms with Crippen molar-refractivity contribution in [3.8, 4) is 0 Å². The third-order valence-corrected chi connectivity index (χ3v) is 5.16. The third kappa shape index (κ3) is 3.73. The molecule has 1 N–H and O–H groups in total. The van der Waals surface area contributed by atoms with Gasteiger partial charge in [0.1, 0.15) is 6.61 Å². The molecule has 0 aliphatic heterocycles. The van der Waals surface area contributed by atoms with E-state index in [1.165, 1.54) is 0 Å². The second-order valence-corrected chi connectivity index (χ2v) is 7.03. The molecule has 2 aromatic heterocycles. The largest absolute Gasteiger partial charge is 0.445 e. The molecule has 4 rings (SSSR count). The summed E-state index contributed by atoms with van der Waals surface area (Å²) in [6.45, 7) is 2.63. The first kappa shape index (κ1) is 17.4. The predicted octanol–water partition coefficient (Wildman–Crippen LogP) is 4.08. The van der Waals surface area contributed by atoms with Crippen LogP contribution in [0.2, 0.25) is 0 Å². The first-order chi connectivity index (χ1) is 13.2. The maximum absolute atomic E-state index is 11.6. The zero-order valence-electron chi connectivity index (χ0n) is 14.8. The molecule has 3 aromatic rings. The minimum atomic E-state index is -0.408. The van der Waals surface area contributed by atoms with Crippen LogP contribution in [-0.4, -0.2) is 27.2 Å². The molecule has 27 heavy (non-hydrogen) atoms. The molecule has 0 fully saturated rings. The molecule has 7 heteroatoms. The second kappa shape index (κ2) is 7.67. The number of fused-ring (bicyclic) bond motifs is 1. The fourth-order valence-electron chi connectivity index (χ4n) is 2.66. The highest BCUT2D eigenvalue weighted by atomic mass is 32.2. The molecule has 1 aliphatic rings. The lowest BCUT2D eigenvalue weighted by Gasteiger charge is -2.11. The number of carbonyl (C=O) groups is 1. The quantitative estimate of drug-likeness (QED) is 0.700. The number of aromatic nitrogens is 3. The number of amides is 1. The normalized spacial score (nSPS) is 12.6. The van der Waals surface area contributed by atoms with E-state index in [0.717, 1.165) is 32.4 Å². The number of hydrogen-bond donors (Lipinski definition) is 1. The number of nitrogens with zero attached hydrogens (tertiary/aromatic N) is 3. The van der Waals surface area contributed by atoms with Gasteiger partial charge >= 0.3 is 6.09 Å². The summed E-state index contributed by atoms with van der Waals surface area (Å²) < 4.78 is 7.27. The highest BCUT2D eigenvalue weighted by molar-refractivity contribution is 7.99. The van der Waals surface area contributed by atoms with Gasteiger partial charge in [0.25, 0.3) is 0 Å². The SMILES string of the molecule is CCNC(=O)OCc1ccccc1Sc1ccc2nnc(C3=CC=C3)n2c1. The lowest BCUT2D eigenvalue weighted by atomic mass is 10.1. The van der Waals surface area contributed by atoms with Crippen molar-refractivity contribution in [2.45, 2.75) is 23.3 Å². The smallest absolute Gasteiger partial charge is 0.407 e. The van der Waals surface area contributed by atoms with E-state index in [1.54, 1.807) is 11.8 Å². The van der Waals surface area contributed by atoms with E-state index in [-0.39, 0.29) is 6.61 Å². The van der Waals surface area contributed by atoms with Gasteiger partial charge in [-0.2, -0.15) is 0 Å². The zero-order valence-corrected chi connectivity index (χ0v) is 15.6. The number of rotatable bonds is 6. The van der Waals surface area contributed by atoms with Crippen LogP contribution in [0.15, 0.2) is 70.6 Å². The van der Waals surface area contributed by atoms with Crippen molar-refractivity contribution in [3.05, 3.63) is 72.2 Å². The summed E-state index contributed by atoms with van der Waals surface area (Å²) in [5.41, 5.74) is 2.84. The summed E-state index contributed by atoms with van der Waals surface area (Å²) in [5.74, 6) is 0.836. The number of hydrogen-bond acceptors (Lipinski definition) is 5. The van der Waals surface area contributed by atoms with Crippen molar-refractivity contribution in [2.75, 3.05) is 6.54 Å². The maximum Gasteiger partial charge on any atom is 0.407 e. The number of allylic oxidation sites excluding steroid dienone is 4. The van der Waals surface area contributed by atoms with Crippen molar-refractivity contribution in [2.24, 2.45) is 0 Å². The fraction of sp³-hybridized carbons (Fsp3) is 0.150. The number of benzene rings is 1. The van der Waals surface area contributed by atoms with Crippen LogP contribution in [0.1, 0.15) is 18.3 Å². The highest BCUT2D eigenvalue weighted by Crippen LogP contribution is 2.32. The van der Waals surface area contributed by atoms with Crippen molar-refractivity contribution >= 4 is 29.1 Å². The predicted molar refractivity (Wildman–Crippen MR) is 105 cm³/mol. The van der Waals surface area contributed by atoms with Crippen LogP contribution in [0.4, 0.5) is 4.79 Å². The molecular weight excluding hydrogens is 360 g/mol. The minimum Gasteiger partial charge on any atom is -0.445 e. The molecule has 2 heterocycles. The number of carbonyl (C=O) groups excluding carboxylic acids is 1. The number of pyridine rings is 1. The Morgan fingerprint density at radius 3 is 2.85 bits per heavy atom. The Bertz CT molecular complexity index is 1060. The Morgan fingerprint density at radius 2 is 2.07 bits per heavy atom. The van der Waals surface area contributed by atoms with Gasteiger partial charge in [0.05, 0.1) is 0 Å². The molecule has 0 spiro atoms. The van der Waals surface area contributed by atoms with E-state index in [1.807, 2.05) is 72.1 Å². The topological polar surface area (TPSA) is 68.5 Å². The molecule has 0 radical (unpaired) electrons. The number of ether oxygens (including phenoxy) is 1. The molecule has 0 saturated heterocycles. The van der Waals surface area contributed by atoms with E-state index in [0.29, 0.717) is 6.54 Å². The third-order valence-electron chi connectivity index (χ3n) is 4.07. The van der Waals surface area contributed by atoms with Crippen LogP contribution in [0, 0.1) is 0 Å². The van der Waals surface area contributed by atoms with Crippen molar-refractivity contribution in [1.29, 1.82) is 0 Å². The van der Waals surface area contributed by atoms with Gasteiger partial charge in [-0.05, 0) is 25.1 Å². The maximum atomic E-state index is 11.6. The average molecular weight is 378 g/mol. The lowest BCUT2D eigenvalue weighted by Crippen LogP contribution is -2.23. The summed E-state index contributed by atoms with van der Waals surface area (Å²) in [6, 6.07) is 11.9. The van der Waals surface area contributed by atoms with Crippen LogP contribution in [0.5, 0.6) is 0 Å². The van der Waals surface area contributed by atoms with Crippen LogP contribution in [0.25, 0.3) is 11.2 Å². The van der Waals surface area contributed by atoms with Gasteiger partial charge in [0, 0.05) is 33.7 Å². The van der Waals surface area contributed by atoms with Crippen LogP contribution in [-0.2, 0) is 11.3 Å². The van der Waals surface area contributed by atoms with Gasteiger partial charge in [-0.15, -0.1) is 10.2 Å². The second-order valence-electron chi connectivity index (χ2n) is 5.91. The molecule has 0 atom stereocenters. The molecular formula is C20H18N4O2S. The van der Waals surface area contributed by atoms with Crippen LogP contribution >= 0.6 is 11.8 Å². The van der Waals surface area contributed by atoms with Gasteiger partial charge < -0.3 is 10.1 Å². The Hall–Kier alpha value is -3.06. The number of nitrogens with one attached hydrogen (secondary N) is 1. The van der Waals surface area contributed by atoms with Crippen molar-refractivity contribution < 1.29 is 9.53 Å². The van der Waals surface area contributed by atoms with Crippen molar-refractivity contribution in [1.82, 2.24) is 19.9 Å². The lowest BCUT2D eigenvalue weighted by molar-refractivity contribution is 0.139. The first-order valence-electron chi connectivity index (χ1n) is 8.64. The Balaban J connectivity index is 1.56. The number of alkyl carbamates (subject to hydrolysis) is 1. The Morgan fingerprint density at radius 1 is 1.22 bits per heavy atom. The molecule has 0 unspecified atom stereocenters. The Labute approximate surface area is 160 Å². The molecule has 1 aromatic carbocycles. The summed E-state index contributed by atoms with van der Waals surface area (Å²) in [6.07, 6.45) is 7.65. The summed E-state index contributed by atoms with van der Waals surface area (Å²) in [7, 11) is 0. The van der Waals surface area contributed by atoms with Gasteiger partial charge in [-0.1, -0.05) is 48.2 Å². The van der Waals surface area contributed by atoms with Crippen LogP contribution < -0.4 is 5.32 Å². The van der Waals surface area contributed by atoms with E-state index < -0.39 is 6.09 Å². The standard InChI is InChI=1S/C20H18N4O2S/c1-2-21-20(25)26-13-15-6-3-4-9-17(15)27-16-10-11-18-22-23-19(24(18)12-16)14-7-5-8-14/h3-12H,2,13H2,1H3,(H,21,25). The van der Waals surface area contributed by atoms with Gasteiger partial charge in [-0.3, -0.25) is 4.40 Å². The summed E-state index contributed by atoms with van der Waals surface area (Å²) in [4.78, 5) is 13.7. The molecule has 0 bridgehead atoms. The first-order valence-corrected chi connectivity index (χ1v) is 9.46. The summed E-state index contributed by atoms with van der Waals surface area (Å²) >= 11 is 1.62. The van der Waals surface area contributed by atoms with Gasteiger partial charge in [-0.25, -0.2) is 4.79 Å². The summed E-state index contributed by atoms with van der Waals surface area (Å²) in [5, 5.41) is 11.1. The molecule has 1 aliphatic carbocycles. The minimum absolute atomic E-state index is 0.229. The van der Waals surface area contributed by atoms with Crippen LogP contribution in [0.3, 0.4) is 0 Å². The van der Waals surface area contributed by atoms with Gasteiger partial charge in [0.2, 0.25) is 0 Å². The van der Waals surface area contributed by atoms with E-state index in [2.05, 4.69) is 15.5 Å². The van der Waals surface area contributed by atoms with Crippen molar-refractivity contribution in [3.63, 3.8) is 0 Å². The Kier molecular flexibility index (Phi) is 4.93. The fourth-order valence-corrected chi connectivity index (χ4v) is 3.61. The molecule has 1 amide bonds. The zero-order chi connectivity index (χ0) is 18.6. The highest BCUT2D eigenvalue weighted by Gasteiger charge is 2.13. The molecule has 6 nitrogen and oxygen atoms in total. The average Bonchev–Trinajstić information content (AvgIpc) is 3.03. The van der Waals surface area contributed by atoms with E-state index in [4.69, 9.17) is 4.74 Å².